The highest BCUT2D eigenvalue weighted by atomic mass is 15.3. The first kappa shape index (κ1) is 11.6. The quantitative estimate of drug-likeness (QED) is 0.702. The Morgan fingerprint density at radius 2 is 1.84 bits per heavy atom. The summed E-state index contributed by atoms with van der Waals surface area (Å²) in [5, 5.41) is 8.18. The van der Waals surface area contributed by atoms with Gasteiger partial charge in [0, 0.05) is 25.2 Å². The van der Waals surface area contributed by atoms with Gasteiger partial charge in [0.2, 0.25) is 5.95 Å². The minimum absolute atomic E-state index is 0.824. The Bertz CT molecular complexity index is 715. The topological polar surface area (TPSA) is 46.3 Å². The summed E-state index contributed by atoms with van der Waals surface area (Å²) in [4.78, 5) is 6.71. The van der Waals surface area contributed by atoms with Crippen molar-refractivity contribution in [1.29, 1.82) is 0 Å². The van der Waals surface area contributed by atoms with E-state index in [9.17, 15) is 0 Å². The highest BCUT2D eigenvalue weighted by Gasteiger charge is 2.14. The van der Waals surface area contributed by atoms with Gasteiger partial charge in [-0.3, -0.25) is 4.40 Å². The maximum Gasteiger partial charge on any atom is 0.212 e. The zero-order valence-corrected chi connectivity index (χ0v) is 11.2. The number of fused-ring (bicyclic) bond motifs is 1. The van der Waals surface area contributed by atoms with Crippen molar-refractivity contribution in [2.24, 2.45) is 0 Å². The molecule has 2 aromatic heterocycles. The minimum Gasteiger partial charge on any atom is -0.348 e. The van der Waals surface area contributed by atoms with E-state index in [1.54, 1.807) is 6.33 Å². The molecule has 0 saturated heterocycles. The van der Waals surface area contributed by atoms with Crippen molar-refractivity contribution < 1.29 is 0 Å². The van der Waals surface area contributed by atoms with E-state index < -0.39 is 0 Å². The van der Waals surface area contributed by atoms with E-state index in [1.807, 2.05) is 48.5 Å². The van der Waals surface area contributed by atoms with E-state index in [-0.39, 0.29) is 0 Å². The first-order valence-corrected chi connectivity index (χ1v) is 6.11. The summed E-state index contributed by atoms with van der Waals surface area (Å²) in [6, 6.07) is 10.1. The summed E-state index contributed by atoms with van der Waals surface area (Å²) in [5.74, 6) is 0.824. The number of nitrogens with zero attached hydrogens (tertiary/aromatic N) is 5. The van der Waals surface area contributed by atoms with Crippen molar-refractivity contribution in [3.8, 4) is 11.3 Å². The number of hydrogen-bond acceptors (Lipinski definition) is 4. The van der Waals surface area contributed by atoms with Crippen molar-refractivity contribution in [3.63, 3.8) is 0 Å². The molecular formula is C14H15N5. The fourth-order valence-electron chi connectivity index (χ4n) is 2.17. The Labute approximate surface area is 111 Å². The number of benzene rings is 1. The van der Waals surface area contributed by atoms with Gasteiger partial charge >= 0.3 is 0 Å². The molecule has 0 N–H and O–H groups in total. The van der Waals surface area contributed by atoms with Crippen LogP contribution in [0.4, 0.5) is 5.95 Å². The van der Waals surface area contributed by atoms with Gasteiger partial charge in [-0.15, -0.1) is 10.2 Å². The highest BCUT2D eigenvalue weighted by Crippen LogP contribution is 2.26. The first-order chi connectivity index (χ1) is 9.18. The number of anilines is 1. The van der Waals surface area contributed by atoms with Crippen molar-refractivity contribution in [1.82, 2.24) is 19.6 Å². The van der Waals surface area contributed by atoms with Gasteiger partial charge in [0.05, 0.1) is 5.69 Å². The predicted molar refractivity (Wildman–Crippen MR) is 75.3 cm³/mol. The van der Waals surface area contributed by atoms with Crippen LogP contribution in [0.5, 0.6) is 0 Å². The molecular weight excluding hydrogens is 238 g/mol. The lowest BCUT2D eigenvalue weighted by molar-refractivity contribution is 0.953. The fraction of sp³-hybridized carbons (Fsp3) is 0.214. The number of rotatable bonds is 2. The smallest absolute Gasteiger partial charge is 0.212 e. The van der Waals surface area contributed by atoms with Crippen molar-refractivity contribution in [2.45, 2.75) is 6.92 Å². The summed E-state index contributed by atoms with van der Waals surface area (Å²) >= 11 is 0. The third-order valence-electron chi connectivity index (χ3n) is 3.11. The second-order valence-electron chi connectivity index (χ2n) is 4.67. The maximum absolute atomic E-state index is 4.75. The lowest BCUT2D eigenvalue weighted by Gasteiger charge is -2.16. The molecule has 3 aromatic rings. The molecule has 96 valence electrons. The van der Waals surface area contributed by atoms with E-state index in [1.165, 1.54) is 0 Å². The van der Waals surface area contributed by atoms with Gasteiger partial charge in [0.15, 0.2) is 5.65 Å². The van der Waals surface area contributed by atoms with Gasteiger partial charge in [-0.05, 0) is 6.92 Å². The summed E-state index contributed by atoms with van der Waals surface area (Å²) in [6.07, 6.45) is 1.69. The maximum atomic E-state index is 4.75. The Morgan fingerprint density at radius 1 is 1.11 bits per heavy atom. The Balaban J connectivity index is 2.34. The molecule has 3 rings (SSSR count). The van der Waals surface area contributed by atoms with Gasteiger partial charge in [-0.25, -0.2) is 4.98 Å². The van der Waals surface area contributed by atoms with E-state index in [2.05, 4.69) is 22.3 Å². The SMILES string of the molecule is Cc1c(-c2ccccc2)nc(N(C)C)n2cnnc12. The van der Waals surface area contributed by atoms with Crippen LogP contribution in [-0.4, -0.2) is 33.7 Å². The summed E-state index contributed by atoms with van der Waals surface area (Å²) in [7, 11) is 3.93. The van der Waals surface area contributed by atoms with Crippen molar-refractivity contribution in [2.75, 3.05) is 19.0 Å². The van der Waals surface area contributed by atoms with Crippen LogP contribution in [-0.2, 0) is 0 Å². The number of hydrogen-bond donors (Lipinski definition) is 0. The molecule has 0 aliphatic rings. The van der Waals surface area contributed by atoms with E-state index in [4.69, 9.17) is 4.98 Å². The lowest BCUT2D eigenvalue weighted by Crippen LogP contribution is -2.16. The molecule has 0 saturated carbocycles. The molecule has 0 unspecified atom stereocenters. The molecule has 5 heteroatoms. The molecule has 2 heterocycles. The van der Waals surface area contributed by atoms with E-state index >= 15 is 0 Å². The van der Waals surface area contributed by atoms with Gasteiger partial charge in [-0.1, -0.05) is 30.3 Å². The fourth-order valence-corrected chi connectivity index (χ4v) is 2.17. The van der Waals surface area contributed by atoms with Gasteiger partial charge in [0.1, 0.15) is 6.33 Å². The van der Waals surface area contributed by atoms with Crippen LogP contribution in [0.3, 0.4) is 0 Å². The van der Waals surface area contributed by atoms with Gasteiger partial charge < -0.3 is 4.90 Å². The summed E-state index contributed by atoms with van der Waals surface area (Å²) in [5.41, 5.74) is 3.92. The van der Waals surface area contributed by atoms with Crippen LogP contribution in [0, 0.1) is 6.92 Å². The zero-order valence-electron chi connectivity index (χ0n) is 11.2. The second-order valence-corrected chi connectivity index (χ2v) is 4.67. The molecule has 1 aromatic carbocycles. The first-order valence-electron chi connectivity index (χ1n) is 6.11. The largest absolute Gasteiger partial charge is 0.348 e. The Morgan fingerprint density at radius 3 is 2.53 bits per heavy atom. The van der Waals surface area contributed by atoms with Crippen LogP contribution in [0.2, 0.25) is 0 Å². The molecule has 19 heavy (non-hydrogen) atoms. The number of aromatic nitrogens is 4. The normalized spacial score (nSPS) is 10.9. The minimum atomic E-state index is 0.824. The standard InChI is InChI=1S/C14H15N5/c1-10-12(11-7-5-4-6-8-11)16-14(18(2)3)19-9-15-17-13(10)19/h4-9H,1-3H3. The monoisotopic (exact) mass is 253 g/mol. The lowest BCUT2D eigenvalue weighted by atomic mass is 10.1. The number of aryl methyl sites for hydroxylation is 1. The molecule has 0 aliphatic heterocycles. The van der Waals surface area contributed by atoms with Crippen LogP contribution in [0.1, 0.15) is 5.56 Å². The van der Waals surface area contributed by atoms with Gasteiger partial charge in [0.25, 0.3) is 0 Å². The van der Waals surface area contributed by atoms with Gasteiger partial charge in [-0.2, -0.15) is 0 Å². The Kier molecular flexibility index (Phi) is 2.67. The third kappa shape index (κ3) is 1.83. The molecule has 5 nitrogen and oxygen atoms in total. The molecule has 0 bridgehead atoms. The van der Waals surface area contributed by atoms with Crippen molar-refractivity contribution >= 4 is 11.6 Å². The molecule has 0 atom stereocenters. The van der Waals surface area contributed by atoms with Crippen LogP contribution in [0.25, 0.3) is 16.9 Å². The average molecular weight is 253 g/mol. The molecule has 0 spiro atoms. The Hall–Kier alpha value is -2.43. The van der Waals surface area contributed by atoms with Crippen LogP contribution < -0.4 is 4.90 Å². The third-order valence-corrected chi connectivity index (χ3v) is 3.11. The van der Waals surface area contributed by atoms with E-state index in [0.717, 1.165) is 28.4 Å². The molecule has 0 aliphatic carbocycles. The van der Waals surface area contributed by atoms with Crippen molar-refractivity contribution in [3.05, 3.63) is 42.2 Å². The van der Waals surface area contributed by atoms with E-state index in [0.29, 0.717) is 0 Å². The molecule has 0 radical (unpaired) electrons. The average Bonchev–Trinajstić information content (AvgIpc) is 2.89. The second kappa shape index (κ2) is 4.35. The predicted octanol–water partition coefficient (Wildman–Crippen LogP) is 2.17. The van der Waals surface area contributed by atoms with Crippen LogP contribution >= 0.6 is 0 Å². The summed E-state index contributed by atoms with van der Waals surface area (Å²) in [6.45, 7) is 2.03. The summed E-state index contributed by atoms with van der Waals surface area (Å²) < 4.78 is 1.90. The van der Waals surface area contributed by atoms with Crippen LogP contribution in [0.15, 0.2) is 36.7 Å². The zero-order chi connectivity index (χ0) is 13.4. The molecule has 0 amide bonds. The highest BCUT2D eigenvalue weighted by molar-refractivity contribution is 5.71. The molecule has 0 fully saturated rings.